The first-order chi connectivity index (χ1) is 28.3. The van der Waals surface area contributed by atoms with Crippen LogP contribution in [0.25, 0.3) is 0 Å². The Labute approximate surface area is 353 Å². The van der Waals surface area contributed by atoms with Crippen LogP contribution in [0.2, 0.25) is 0 Å². The molecule has 2 rings (SSSR count). The number of thiol groups is 1. The van der Waals surface area contributed by atoms with Crippen molar-refractivity contribution in [2.75, 3.05) is 12.3 Å². The second-order valence-electron chi connectivity index (χ2n) is 13.4. The summed E-state index contributed by atoms with van der Waals surface area (Å²) in [5.41, 5.74) is -1.29. The van der Waals surface area contributed by atoms with E-state index in [4.69, 9.17) is 9.79 Å². The first-order valence-corrected chi connectivity index (χ1v) is 21.7. The van der Waals surface area contributed by atoms with Crippen LogP contribution in [0.4, 0.5) is 0 Å². The van der Waals surface area contributed by atoms with Crippen LogP contribution in [-0.2, 0) is 49.9 Å². The van der Waals surface area contributed by atoms with E-state index in [9.17, 15) is 71.2 Å². The molecule has 0 spiro atoms. The highest BCUT2D eigenvalue weighted by atomic mass is 32.2. The molecule has 2 aromatic rings. The molecular weight excluding hydrogens is 874 g/mol. The molecule has 0 aromatic heterocycles. The normalized spacial score (nSPS) is 13.9. The smallest absolute Gasteiger partial charge is 0.481 e. The topological polar surface area (TPSA) is 379 Å². The Balaban J connectivity index is 2.57. The maximum absolute atomic E-state index is 14.0. The molecular formula is C35H46N5O18PS2. The number of hydrogen-bond donors (Lipinski definition) is 12. The third-order valence-corrected chi connectivity index (χ3v) is 10.2. The molecule has 0 fully saturated rings. The van der Waals surface area contributed by atoms with Crippen LogP contribution in [0, 0.1) is 5.92 Å². The van der Waals surface area contributed by atoms with Gasteiger partial charge in [-0.15, -0.1) is 0 Å². The van der Waals surface area contributed by atoms with E-state index in [0.717, 1.165) is 18.2 Å². The number of carboxylic acids is 3. The van der Waals surface area contributed by atoms with Crippen molar-refractivity contribution in [1.82, 2.24) is 26.6 Å². The van der Waals surface area contributed by atoms with Crippen molar-refractivity contribution < 1.29 is 85.5 Å². The minimum atomic E-state index is -5.08. The monoisotopic (exact) mass is 919 g/mol. The summed E-state index contributed by atoms with van der Waals surface area (Å²) in [6, 6.07) is 0.0688. The lowest BCUT2D eigenvalue weighted by atomic mass is 9.97. The minimum absolute atomic E-state index is 0.146. The van der Waals surface area contributed by atoms with E-state index in [0.29, 0.717) is 18.6 Å². The van der Waals surface area contributed by atoms with Crippen LogP contribution in [0.5, 0.6) is 5.75 Å². The third kappa shape index (κ3) is 17.9. The third-order valence-electron chi connectivity index (χ3n) is 8.69. The second kappa shape index (κ2) is 23.4. The standard InChI is InChI=1S/C35H46N5O18PS2/c1-3-18(2)29(34(49)36-12-13-60)40-32(47)25(9-11-28(43)44)37-31(46)24(8-10-27(41)42)38-33(48)26(14-19-4-6-22(7-5-19)58-59(52,53)54)39-30(45)20-15-21(35(50)51)17-23(16-20)61(55,56)57/h4-7,15-18,24-26,29,60H,3,8-14H2,1-2H3,(H,36,49)(H,37,46)(H,38,48)(H,39,45)(H,40,47)(H,41,42)(H,43,44)(H,50,51)(H2,52,53,54)(H,55,56,57)/t18?,24-,25-,26-,29-/m0/s1. The lowest BCUT2D eigenvalue weighted by Gasteiger charge is -2.28. The fraction of sp³-hybridized carbons (Fsp3) is 0.429. The average Bonchev–Trinajstić information content (AvgIpc) is 3.17. The summed E-state index contributed by atoms with van der Waals surface area (Å²) in [5, 5.41) is 40.2. The molecule has 0 bridgehead atoms. The fourth-order valence-corrected chi connectivity index (χ4v) is 6.44. The molecule has 5 atom stereocenters. The van der Waals surface area contributed by atoms with Gasteiger partial charge in [0, 0.05) is 37.1 Å². The summed E-state index contributed by atoms with van der Waals surface area (Å²) in [6.07, 6.45) is -2.71. The molecule has 23 nitrogen and oxygen atoms in total. The zero-order chi connectivity index (χ0) is 46.2. The van der Waals surface area contributed by atoms with E-state index in [2.05, 4.69) is 43.7 Å². The molecule has 26 heteroatoms. The van der Waals surface area contributed by atoms with Gasteiger partial charge in [0.2, 0.25) is 23.6 Å². The highest BCUT2D eigenvalue weighted by molar-refractivity contribution is 7.85. The maximum atomic E-state index is 14.0. The van der Waals surface area contributed by atoms with Crippen molar-refractivity contribution in [2.45, 2.75) is 81.4 Å². The number of carboxylic acid groups (broad SMARTS) is 3. The van der Waals surface area contributed by atoms with Crippen molar-refractivity contribution in [1.29, 1.82) is 0 Å². The molecule has 0 aliphatic heterocycles. The van der Waals surface area contributed by atoms with Gasteiger partial charge in [-0.2, -0.15) is 21.0 Å². The number of hydrogen-bond acceptors (Lipinski definition) is 13. The number of phosphoric ester groups is 1. The van der Waals surface area contributed by atoms with Crippen LogP contribution in [-0.4, -0.2) is 122 Å². The van der Waals surface area contributed by atoms with Crippen LogP contribution in [0.1, 0.15) is 72.2 Å². The van der Waals surface area contributed by atoms with Gasteiger partial charge in [-0.05, 0) is 54.7 Å². The maximum Gasteiger partial charge on any atom is 0.524 e. The molecule has 61 heavy (non-hydrogen) atoms. The Morgan fingerprint density at radius 2 is 1.26 bits per heavy atom. The Morgan fingerprint density at radius 3 is 1.72 bits per heavy atom. The molecule has 0 saturated carbocycles. The van der Waals surface area contributed by atoms with Crippen LogP contribution >= 0.6 is 20.5 Å². The zero-order valence-electron chi connectivity index (χ0n) is 32.5. The molecule has 5 amide bonds. The number of benzene rings is 2. The molecule has 2 aromatic carbocycles. The number of aromatic carboxylic acids is 1. The van der Waals surface area contributed by atoms with Crippen molar-refractivity contribution in [2.24, 2.45) is 5.92 Å². The van der Waals surface area contributed by atoms with E-state index in [-0.39, 0.29) is 23.6 Å². The van der Waals surface area contributed by atoms with Gasteiger partial charge in [0.05, 0.1) is 10.5 Å². The summed E-state index contributed by atoms with van der Waals surface area (Å²) in [6.45, 7) is 3.54. The highest BCUT2D eigenvalue weighted by Crippen LogP contribution is 2.37. The van der Waals surface area contributed by atoms with Gasteiger partial charge < -0.3 is 46.4 Å². The van der Waals surface area contributed by atoms with Gasteiger partial charge in [0.15, 0.2) is 0 Å². The zero-order valence-corrected chi connectivity index (χ0v) is 35.1. The van der Waals surface area contributed by atoms with Crippen molar-refractivity contribution in [3.63, 3.8) is 0 Å². The lowest BCUT2D eigenvalue weighted by Crippen LogP contribution is -2.59. The van der Waals surface area contributed by atoms with Gasteiger partial charge in [0.1, 0.15) is 29.9 Å². The number of rotatable bonds is 25. The van der Waals surface area contributed by atoms with E-state index in [1.54, 1.807) is 13.8 Å². The van der Waals surface area contributed by atoms with Crippen molar-refractivity contribution in [3.8, 4) is 5.75 Å². The molecule has 0 heterocycles. The number of aliphatic carboxylic acids is 2. The molecule has 336 valence electrons. The van der Waals surface area contributed by atoms with Gasteiger partial charge >= 0.3 is 25.7 Å². The molecule has 0 saturated heterocycles. The van der Waals surface area contributed by atoms with Gasteiger partial charge in [-0.3, -0.25) is 47.9 Å². The number of carbonyl (C=O) groups excluding carboxylic acids is 5. The van der Waals surface area contributed by atoms with Crippen LogP contribution < -0.4 is 31.1 Å². The summed E-state index contributed by atoms with van der Waals surface area (Å²) in [5.74, 6) is -10.3. The van der Waals surface area contributed by atoms with E-state index < -0.39 is 144 Å². The Hall–Kier alpha value is -5.59. The predicted octanol–water partition coefficient (Wildman–Crippen LogP) is -0.280. The largest absolute Gasteiger partial charge is 0.524 e. The number of carbonyl (C=O) groups is 8. The number of nitrogens with one attached hydrogen (secondary N) is 5. The van der Waals surface area contributed by atoms with Crippen molar-refractivity contribution >= 4 is 78.0 Å². The SMILES string of the molecule is CCC(C)[C@H](NC(=O)[C@H](CCC(=O)O)NC(=O)[C@H](CCC(=O)O)NC(=O)[C@H](Cc1ccc(OP(=O)(O)O)cc1)NC(=O)c1cc(C(=O)O)cc(S(=O)(=O)O)c1)C(=O)NCCS. The second-order valence-corrected chi connectivity index (χ2v) is 16.4. The molecule has 1 unspecified atom stereocenters. The summed E-state index contributed by atoms with van der Waals surface area (Å²) < 4.78 is 49.1. The van der Waals surface area contributed by atoms with Crippen molar-refractivity contribution in [3.05, 3.63) is 59.2 Å². The van der Waals surface area contributed by atoms with Gasteiger partial charge in [0.25, 0.3) is 16.0 Å². The minimum Gasteiger partial charge on any atom is -0.481 e. The van der Waals surface area contributed by atoms with E-state index in [1.165, 1.54) is 12.1 Å². The molecule has 0 radical (unpaired) electrons. The van der Waals surface area contributed by atoms with Gasteiger partial charge in [-0.25, -0.2) is 9.36 Å². The van der Waals surface area contributed by atoms with E-state index in [1.807, 2.05) is 0 Å². The first kappa shape index (κ1) is 51.6. The van der Waals surface area contributed by atoms with E-state index >= 15 is 0 Å². The Bertz CT molecular complexity index is 2110. The number of amides is 5. The summed E-state index contributed by atoms with van der Waals surface area (Å²) in [7, 11) is -10.1. The molecule has 0 aliphatic carbocycles. The Kier molecular flexibility index (Phi) is 19.8. The van der Waals surface area contributed by atoms with Crippen LogP contribution in [0.3, 0.4) is 0 Å². The predicted molar refractivity (Wildman–Crippen MR) is 213 cm³/mol. The molecule has 11 N–H and O–H groups in total. The molecule has 0 aliphatic rings. The van der Waals surface area contributed by atoms with Gasteiger partial charge in [-0.1, -0.05) is 32.4 Å². The first-order valence-electron chi connectivity index (χ1n) is 18.1. The lowest BCUT2D eigenvalue weighted by molar-refractivity contribution is -0.140. The summed E-state index contributed by atoms with van der Waals surface area (Å²) in [4.78, 5) is 120. The fourth-order valence-electron chi connectivity index (χ4n) is 5.38. The van der Waals surface area contributed by atoms with Crippen LogP contribution in [0.15, 0.2) is 47.4 Å². The quantitative estimate of drug-likeness (QED) is 0.0346. The highest BCUT2D eigenvalue weighted by Gasteiger charge is 2.34. The number of phosphoric acid groups is 1. The Morgan fingerprint density at radius 1 is 0.754 bits per heavy atom. The summed E-state index contributed by atoms with van der Waals surface area (Å²) >= 11 is 4.04. The average molecular weight is 920 g/mol.